The van der Waals surface area contributed by atoms with Crippen LogP contribution in [0.1, 0.15) is 37.0 Å². The lowest BCUT2D eigenvalue weighted by Crippen LogP contribution is -2.28. The Hall–Kier alpha value is -1.70. The van der Waals surface area contributed by atoms with Crippen LogP contribution in [0.4, 0.5) is 0 Å². The standard InChI is InChI=1S/C20H22N4OS2/c1-19(13-25)12-16-22-23-18(24(16)9-11-27-19)20(6-7-20)15-4-2-14(3-5-15)17-21-8-10-26-17/h2-5,8,10,25H,6-7,9,11-13H2,1H3. The Morgan fingerprint density at radius 2 is 2.00 bits per heavy atom. The number of hydrogen-bond donors (Lipinski definition) is 1. The van der Waals surface area contributed by atoms with E-state index in [2.05, 4.69) is 50.9 Å². The Labute approximate surface area is 166 Å². The zero-order chi connectivity index (χ0) is 18.5. The normalized spacial score (nSPS) is 23.6. The summed E-state index contributed by atoms with van der Waals surface area (Å²) in [6, 6.07) is 8.81. The molecule has 1 unspecified atom stereocenters. The number of nitrogens with zero attached hydrogens (tertiary/aromatic N) is 4. The Kier molecular flexibility index (Phi) is 4.14. The molecule has 1 saturated carbocycles. The van der Waals surface area contributed by atoms with Crippen molar-refractivity contribution in [2.45, 2.75) is 42.9 Å². The summed E-state index contributed by atoms with van der Waals surface area (Å²) in [5, 5.41) is 22.0. The monoisotopic (exact) mass is 398 g/mol. The van der Waals surface area contributed by atoms with Crippen LogP contribution >= 0.6 is 23.1 Å². The minimum atomic E-state index is -0.162. The van der Waals surface area contributed by atoms with Crippen molar-refractivity contribution < 1.29 is 5.11 Å². The van der Waals surface area contributed by atoms with Gasteiger partial charge in [0.25, 0.3) is 0 Å². The van der Waals surface area contributed by atoms with Gasteiger partial charge >= 0.3 is 0 Å². The average Bonchev–Trinajstić information content (AvgIpc) is 3.18. The Morgan fingerprint density at radius 1 is 1.19 bits per heavy atom. The Morgan fingerprint density at radius 3 is 2.67 bits per heavy atom. The molecule has 3 aromatic rings. The lowest BCUT2D eigenvalue weighted by Gasteiger charge is -2.23. The highest BCUT2D eigenvalue weighted by atomic mass is 32.2. The number of rotatable bonds is 4. The molecule has 1 aliphatic heterocycles. The van der Waals surface area contributed by atoms with Crippen molar-refractivity contribution in [3.63, 3.8) is 0 Å². The maximum atomic E-state index is 9.78. The third kappa shape index (κ3) is 2.92. The molecule has 5 rings (SSSR count). The van der Waals surface area contributed by atoms with Gasteiger partial charge in [0.2, 0.25) is 0 Å². The van der Waals surface area contributed by atoms with E-state index in [1.54, 1.807) is 11.3 Å². The van der Waals surface area contributed by atoms with E-state index in [0.717, 1.165) is 48.2 Å². The van der Waals surface area contributed by atoms with Gasteiger partial charge in [-0.05, 0) is 25.3 Å². The fourth-order valence-corrected chi connectivity index (χ4v) is 5.72. The maximum Gasteiger partial charge on any atom is 0.143 e. The SMILES string of the molecule is CC1(CO)Cc2nnc(C3(c4ccc(-c5nccs5)cc4)CC3)n2CCS1. The summed E-state index contributed by atoms with van der Waals surface area (Å²) >= 11 is 3.50. The zero-order valence-corrected chi connectivity index (χ0v) is 16.9. The first kappa shape index (κ1) is 17.4. The Balaban J connectivity index is 1.49. The van der Waals surface area contributed by atoms with Gasteiger partial charge in [-0.1, -0.05) is 24.3 Å². The molecule has 1 aliphatic carbocycles. The molecule has 2 aliphatic rings. The number of fused-ring (bicyclic) bond motifs is 1. The highest BCUT2D eigenvalue weighted by Gasteiger charge is 2.50. The summed E-state index contributed by atoms with van der Waals surface area (Å²) in [5.74, 6) is 3.09. The minimum Gasteiger partial charge on any atom is -0.395 e. The summed E-state index contributed by atoms with van der Waals surface area (Å²) in [7, 11) is 0. The second-order valence-corrected chi connectivity index (χ2v) is 10.3. The van der Waals surface area contributed by atoms with Crippen LogP contribution in [0.5, 0.6) is 0 Å². The van der Waals surface area contributed by atoms with Crippen molar-refractivity contribution in [1.82, 2.24) is 19.7 Å². The first-order chi connectivity index (χ1) is 13.1. The maximum absolute atomic E-state index is 9.78. The van der Waals surface area contributed by atoms with Crippen LogP contribution < -0.4 is 0 Å². The molecule has 3 heterocycles. The molecule has 0 saturated heterocycles. The van der Waals surface area contributed by atoms with E-state index >= 15 is 0 Å². The molecule has 1 aromatic carbocycles. The third-order valence-electron chi connectivity index (χ3n) is 5.75. The van der Waals surface area contributed by atoms with Crippen molar-refractivity contribution in [2.75, 3.05) is 12.4 Å². The summed E-state index contributed by atoms with van der Waals surface area (Å²) in [6.45, 7) is 3.20. The van der Waals surface area contributed by atoms with E-state index in [1.165, 1.54) is 11.1 Å². The number of aliphatic hydroxyl groups excluding tert-OH is 1. The predicted octanol–water partition coefficient (Wildman–Crippen LogP) is 3.52. The van der Waals surface area contributed by atoms with E-state index in [0.29, 0.717) is 0 Å². The largest absolute Gasteiger partial charge is 0.395 e. The minimum absolute atomic E-state index is 0.00270. The van der Waals surface area contributed by atoms with Crippen LogP contribution in [0.15, 0.2) is 35.8 Å². The van der Waals surface area contributed by atoms with Crippen LogP contribution in [-0.4, -0.2) is 42.0 Å². The summed E-state index contributed by atoms with van der Waals surface area (Å²) in [5.41, 5.74) is 2.48. The molecule has 7 heteroatoms. The van der Waals surface area contributed by atoms with Gasteiger partial charge < -0.3 is 9.67 Å². The van der Waals surface area contributed by atoms with Gasteiger partial charge in [0.05, 0.1) is 12.0 Å². The fraction of sp³-hybridized carbons (Fsp3) is 0.450. The van der Waals surface area contributed by atoms with Crippen molar-refractivity contribution in [3.8, 4) is 10.6 Å². The topological polar surface area (TPSA) is 63.8 Å². The lowest BCUT2D eigenvalue weighted by molar-refractivity contribution is 0.254. The van der Waals surface area contributed by atoms with Gasteiger partial charge in [-0.3, -0.25) is 0 Å². The molecule has 0 amide bonds. The second-order valence-electron chi connectivity index (χ2n) is 7.72. The van der Waals surface area contributed by atoms with E-state index in [4.69, 9.17) is 0 Å². The average molecular weight is 399 g/mol. The van der Waals surface area contributed by atoms with E-state index in [1.807, 2.05) is 23.3 Å². The van der Waals surface area contributed by atoms with Gasteiger partial charge in [-0.15, -0.1) is 21.5 Å². The van der Waals surface area contributed by atoms with Crippen LogP contribution in [0.25, 0.3) is 10.6 Å². The predicted molar refractivity (Wildman–Crippen MR) is 109 cm³/mol. The van der Waals surface area contributed by atoms with Gasteiger partial charge in [-0.25, -0.2) is 4.98 Å². The van der Waals surface area contributed by atoms with Crippen molar-refractivity contribution in [3.05, 3.63) is 53.1 Å². The number of thiazole rings is 1. The van der Waals surface area contributed by atoms with Crippen LogP contribution in [-0.2, 0) is 18.4 Å². The summed E-state index contributed by atoms with van der Waals surface area (Å²) in [6.07, 6.45) is 4.85. The molecule has 1 fully saturated rings. The smallest absolute Gasteiger partial charge is 0.143 e. The molecular formula is C20H22N4OS2. The molecular weight excluding hydrogens is 376 g/mol. The lowest BCUT2D eigenvalue weighted by atomic mass is 9.94. The van der Waals surface area contributed by atoms with Crippen LogP contribution in [0.2, 0.25) is 0 Å². The first-order valence-electron chi connectivity index (χ1n) is 9.31. The molecule has 1 atom stereocenters. The molecule has 2 aromatic heterocycles. The fourth-order valence-electron chi connectivity index (χ4n) is 3.99. The molecule has 0 bridgehead atoms. The van der Waals surface area contributed by atoms with Gasteiger partial charge in [0.1, 0.15) is 16.7 Å². The molecule has 5 nitrogen and oxygen atoms in total. The highest BCUT2D eigenvalue weighted by Crippen LogP contribution is 2.53. The first-order valence-corrected chi connectivity index (χ1v) is 11.2. The molecule has 0 radical (unpaired) electrons. The quantitative estimate of drug-likeness (QED) is 0.728. The molecule has 1 N–H and O–H groups in total. The second kappa shape index (κ2) is 6.43. The van der Waals surface area contributed by atoms with Crippen molar-refractivity contribution in [1.29, 1.82) is 0 Å². The molecule has 27 heavy (non-hydrogen) atoms. The molecule has 140 valence electrons. The number of benzene rings is 1. The van der Waals surface area contributed by atoms with Gasteiger partial charge in [-0.2, -0.15) is 11.8 Å². The summed E-state index contributed by atoms with van der Waals surface area (Å²) < 4.78 is 2.15. The highest BCUT2D eigenvalue weighted by molar-refractivity contribution is 8.00. The zero-order valence-electron chi connectivity index (χ0n) is 15.3. The number of aliphatic hydroxyl groups is 1. The Bertz CT molecular complexity index is 947. The van der Waals surface area contributed by atoms with Gasteiger partial charge in [0, 0.05) is 40.6 Å². The van der Waals surface area contributed by atoms with E-state index < -0.39 is 0 Å². The van der Waals surface area contributed by atoms with Gasteiger partial charge in [0.15, 0.2) is 0 Å². The summed E-state index contributed by atoms with van der Waals surface area (Å²) in [4.78, 5) is 4.40. The van der Waals surface area contributed by atoms with Crippen LogP contribution in [0.3, 0.4) is 0 Å². The van der Waals surface area contributed by atoms with Crippen molar-refractivity contribution in [2.24, 2.45) is 0 Å². The van der Waals surface area contributed by atoms with Crippen molar-refractivity contribution >= 4 is 23.1 Å². The number of thioether (sulfide) groups is 1. The third-order valence-corrected chi connectivity index (χ3v) is 7.93. The molecule has 0 spiro atoms. The van der Waals surface area contributed by atoms with Crippen LogP contribution in [0, 0.1) is 0 Å². The number of hydrogen-bond acceptors (Lipinski definition) is 6. The number of aromatic nitrogens is 4. The van der Waals surface area contributed by atoms with E-state index in [9.17, 15) is 5.11 Å². The van der Waals surface area contributed by atoms with E-state index in [-0.39, 0.29) is 16.8 Å².